The molecule has 0 spiro atoms. The van der Waals surface area contributed by atoms with Gasteiger partial charge in [-0.2, -0.15) is 0 Å². The van der Waals surface area contributed by atoms with Crippen molar-refractivity contribution >= 4 is 22.2 Å². The molecule has 4 aromatic rings. The van der Waals surface area contributed by atoms with Crippen molar-refractivity contribution in [1.82, 2.24) is 10.3 Å². The van der Waals surface area contributed by atoms with Gasteiger partial charge in [0, 0.05) is 61.2 Å². The predicted molar refractivity (Wildman–Crippen MR) is 253 cm³/mol. The fourth-order valence-corrected chi connectivity index (χ4v) is 7.27. The van der Waals surface area contributed by atoms with Gasteiger partial charge in [-0.1, -0.05) is 127 Å². The van der Waals surface area contributed by atoms with Gasteiger partial charge in [-0.25, -0.2) is 0 Å². The van der Waals surface area contributed by atoms with Gasteiger partial charge in [0.25, 0.3) is 0 Å². The molecule has 1 unspecified atom stereocenters. The average molecular weight is 764 g/mol. The molecule has 0 fully saturated rings. The molecule has 1 N–H and O–H groups in total. The van der Waals surface area contributed by atoms with E-state index in [0.29, 0.717) is 6.54 Å². The monoisotopic (exact) mass is 763 g/mol. The van der Waals surface area contributed by atoms with Crippen LogP contribution >= 0.6 is 0 Å². The molecular formula is C55H61N3. The smallest absolute Gasteiger partial charge is 0.0667 e. The van der Waals surface area contributed by atoms with E-state index in [-0.39, 0.29) is 5.92 Å². The molecular weight excluding hydrogens is 703 g/mol. The number of nitrogens with one attached hydrogen (secondary N) is 1. The van der Waals surface area contributed by atoms with Crippen LogP contribution in [0.2, 0.25) is 0 Å². The number of pyridine rings is 1. The van der Waals surface area contributed by atoms with Crippen molar-refractivity contribution in [2.24, 2.45) is 10.9 Å². The normalized spacial score (nSPS) is 13.8. The number of hydrogen-bond acceptors (Lipinski definition) is 3. The van der Waals surface area contributed by atoms with E-state index in [2.05, 4.69) is 157 Å². The number of nitrogens with zero attached hydrogens (tertiary/aromatic N) is 2. The third-order valence-electron chi connectivity index (χ3n) is 10.4. The van der Waals surface area contributed by atoms with Crippen LogP contribution in [0.25, 0.3) is 27.6 Å². The van der Waals surface area contributed by atoms with Gasteiger partial charge in [0.1, 0.15) is 0 Å². The van der Waals surface area contributed by atoms with Gasteiger partial charge >= 0.3 is 0 Å². The molecule has 3 nitrogen and oxygen atoms in total. The van der Waals surface area contributed by atoms with Crippen molar-refractivity contribution in [3.05, 3.63) is 194 Å². The third kappa shape index (κ3) is 13.9. The first-order valence-corrected chi connectivity index (χ1v) is 21.1. The maximum Gasteiger partial charge on any atom is 0.0667 e. The number of allylic oxidation sites excluding steroid dienone is 12. The zero-order valence-electron chi connectivity index (χ0n) is 34.6. The first-order chi connectivity index (χ1) is 28.6. The Morgan fingerprint density at radius 1 is 0.897 bits per heavy atom. The van der Waals surface area contributed by atoms with Gasteiger partial charge in [0.05, 0.1) is 5.71 Å². The van der Waals surface area contributed by atoms with Crippen LogP contribution < -0.4 is 5.32 Å². The van der Waals surface area contributed by atoms with E-state index < -0.39 is 0 Å². The molecule has 0 bridgehead atoms. The summed E-state index contributed by atoms with van der Waals surface area (Å²) >= 11 is 0. The lowest BCUT2D eigenvalue weighted by Gasteiger charge is -2.17. The molecule has 3 heteroatoms. The van der Waals surface area contributed by atoms with Crippen LogP contribution in [0.4, 0.5) is 0 Å². The molecule has 296 valence electrons. The number of benzene rings is 3. The first-order valence-electron chi connectivity index (χ1n) is 21.1. The zero-order chi connectivity index (χ0) is 40.6. The summed E-state index contributed by atoms with van der Waals surface area (Å²) in [6, 6.07) is 27.6. The molecule has 0 saturated carbocycles. The van der Waals surface area contributed by atoms with E-state index in [9.17, 15) is 0 Å². The quantitative estimate of drug-likeness (QED) is 0.0285. The summed E-state index contributed by atoms with van der Waals surface area (Å²) < 4.78 is 0. The average Bonchev–Trinajstić information content (AvgIpc) is 3.27. The second kappa shape index (κ2) is 24.6. The van der Waals surface area contributed by atoms with Crippen LogP contribution in [0.1, 0.15) is 88.2 Å². The fraction of sp³-hybridized carbons (Fsp3) is 0.273. The highest BCUT2D eigenvalue weighted by atomic mass is 14.8. The van der Waals surface area contributed by atoms with Crippen LogP contribution in [-0.4, -0.2) is 24.3 Å². The SMILES string of the molecule is C=CCC/C=C(/C=C/CCC#CCCCCC1=CCCC=C1)C(=C)CC(CC=C)C/N=C(\C=C(/NC)c1cccc2ccccc12)c1cccc(-c2cccnc2)c1. The maximum atomic E-state index is 5.40. The van der Waals surface area contributed by atoms with Crippen LogP contribution in [0, 0.1) is 17.8 Å². The molecule has 0 aliphatic heterocycles. The Kier molecular flexibility index (Phi) is 18.3. The summed E-state index contributed by atoms with van der Waals surface area (Å²) in [5.74, 6) is 7.03. The summed E-state index contributed by atoms with van der Waals surface area (Å²) in [5.41, 5.74) is 10.1. The second-order valence-electron chi connectivity index (χ2n) is 14.9. The fourth-order valence-electron chi connectivity index (χ4n) is 7.27. The van der Waals surface area contributed by atoms with E-state index >= 15 is 0 Å². The van der Waals surface area contributed by atoms with Gasteiger partial charge in [-0.3, -0.25) is 9.98 Å². The summed E-state index contributed by atoms with van der Waals surface area (Å²) in [7, 11) is 1.98. The molecule has 58 heavy (non-hydrogen) atoms. The highest BCUT2D eigenvalue weighted by Crippen LogP contribution is 2.27. The summed E-state index contributed by atoms with van der Waals surface area (Å²) in [5, 5.41) is 5.90. The number of aliphatic imine (C=N–C) groups is 1. The van der Waals surface area contributed by atoms with Crippen molar-refractivity contribution < 1.29 is 0 Å². The van der Waals surface area contributed by atoms with E-state index in [1.54, 1.807) is 0 Å². The number of unbranched alkanes of at least 4 members (excludes halogenated alkanes) is 4. The highest BCUT2D eigenvalue weighted by molar-refractivity contribution is 6.13. The van der Waals surface area contributed by atoms with Crippen molar-refractivity contribution in [2.45, 2.75) is 77.0 Å². The lowest BCUT2D eigenvalue weighted by Crippen LogP contribution is -2.12. The van der Waals surface area contributed by atoms with E-state index in [1.807, 2.05) is 37.7 Å². The number of hydrogen-bond donors (Lipinski definition) is 1. The molecule has 1 aliphatic carbocycles. The summed E-state index contributed by atoms with van der Waals surface area (Å²) in [6.07, 6.45) is 35.9. The molecule has 3 aromatic carbocycles. The zero-order valence-corrected chi connectivity index (χ0v) is 34.6. The number of fused-ring (bicyclic) bond motifs is 1. The second-order valence-corrected chi connectivity index (χ2v) is 14.9. The molecule has 0 radical (unpaired) electrons. The van der Waals surface area contributed by atoms with Crippen LogP contribution in [0.15, 0.2) is 187 Å². The minimum atomic E-state index is 0.234. The minimum Gasteiger partial charge on any atom is -0.388 e. The molecule has 5 rings (SSSR count). The van der Waals surface area contributed by atoms with Crippen molar-refractivity contribution in [2.75, 3.05) is 13.6 Å². The maximum absolute atomic E-state index is 5.40. The third-order valence-corrected chi connectivity index (χ3v) is 10.4. The minimum absolute atomic E-state index is 0.234. The molecule has 1 atom stereocenters. The van der Waals surface area contributed by atoms with E-state index in [1.165, 1.54) is 47.6 Å². The molecule has 1 heterocycles. The topological polar surface area (TPSA) is 37.3 Å². The highest BCUT2D eigenvalue weighted by Gasteiger charge is 2.14. The van der Waals surface area contributed by atoms with Gasteiger partial charge < -0.3 is 5.32 Å². The number of aromatic nitrogens is 1. The van der Waals surface area contributed by atoms with E-state index in [4.69, 9.17) is 4.99 Å². The Hall–Kier alpha value is -5.98. The molecule has 0 amide bonds. The van der Waals surface area contributed by atoms with Crippen molar-refractivity contribution in [3.63, 3.8) is 0 Å². The summed E-state index contributed by atoms with van der Waals surface area (Å²) in [4.78, 5) is 9.77. The van der Waals surface area contributed by atoms with Gasteiger partial charge in [-0.05, 0) is 116 Å². The molecule has 1 aromatic heterocycles. The van der Waals surface area contributed by atoms with Gasteiger partial charge in [0.2, 0.25) is 0 Å². The standard InChI is InChI=1S/C55H61N3/c1-5-7-15-29-47(30-19-13-11-9-8-10-12-16-26-45-27-17-14-18-28-45)44(3)39-46(25-6-2)42-58-54(50-34-22-33-49(40-50)51-35-24-38-57-43-51)41-55(56-4)53-37-23-32-48-31-20-21-36-52(48)53/h5-6,17,19-24,27-38,40-41,43,46,56H,1-3,7,10-16,18,25-26,39,42H2,4H3/b30-19+,47-29-,55-41-,58-54+. The Labute approximate surface area is 349 Å². The summed E-state index contributed by atoms with van der Waals surface area (Å²) in [6.45, 7) is 13.3. The lowest BCUT2D eigenvalue weighted by atomic mass is 9.91. The van der Waals surface area contributed by atoms with Crippen LogP contribution in [-0.2, 0) is 0 Å². The lowest BCUT2D eigenvalue weighted by molar-refractivity contribution is 0.547. The van der Waals surface area contributed by atoms with Gasteiger partial charge in [-0.15, -0.1) is 25.0 Å². The first kappa shape index (κ1) is 43.1. The van der Waals surface area contributed by atoms with Crippen molar-refractivity contribution in [3.8, 4) is 23.0 Å². The molecule has 0 saturated heterocycles. The molecule has 1 aliphatic rings. The predicted octanol–water partition coefficient (Wildman–Crippen LogP) is 14.2. The van der Waals surface area contributed by atoms with Gasteiger partial charge in [0.15, 0.2) is 0 Å². The van der Waals surface area contributed by atoms with E-state index in [0.717, 1.165) is 90.6 Å². The Morgan fingerprint density at radius 3 is 2.55 bits per heavy atom. The largest absolute Gasteiger partial charge is 0.388 e. The Bertz CT molecular complexity index is 2210. The van der Waals surface area contributed by atoms with Crippen molar-refractivity contribution in [1.29, 1.82) is 0 Å². The Balaban J connectivity index is 1.32. The van der Waals surface area contributed by atoms with Crippen LogP contribution in [0.5, 0.6) is 0 Å². The Morgan fingerprint density at radius 2 is 1.74 bits per heavy atom. The number of rotatable bonds is 22. The van der Waals surface area contributed by atoms with Crippen LogP contribution in [0.3, 0.4) is 0 Å².